The summed E-state index contributed by atoms with van der Waals surface area (Å²) in [7, 11) is 0. The van der Waals surface area contributed by atoms with Gasteiger partial charge in [-0.1, -0.05) is 6.92 Å². The molecule has 19 heavy (non-hydrogen) atoms. The number of anilines is 1. The van der Waals surface area contributed by atoms with Gasteiger partial charge in [-0.25, -0.2) is 4.79 Å². The van der Waals surface area contributed by atoms with Crippen LogP contribution in [0.25, 0.3) is 0 Å². The highest BCUT2D eigenvalue weighted by atomic mass is 16.4. The fourth-order valence-electron chi connectivity index (χ4n) is 1.71. The molecule has 0 aromatic heterocycles. The van der Waals surface area contributed by atoms with Gasteiger partial charge >= 0.3 is 6.09 Å². The highest BCUT2D eigenvalue weighted by Gasteiger charge is 2.09. The maximum Gasteiger partial charge on any atom is 0.404 e. The van der Waals surface area contributed by atoms with Gasteiger partial charge in [-0.15, -0.1) is 0 Å². The van der Waals surface area contributed by atoms with Crippen LogP contribution in [0.3, 0.4) is 0 Å². The number of carbonyl (C=O) groups excluding carboxylic acids is 1. The second kappa shape index (κ2) is 7.25. The van der Waals surface area contributed by atoms with Crippen molar-refractivity contribution in [1.29, 1.82) is 0 Å². The van der Waals surface area contributed by atoms with Gasteiger partial charge in [0.25, 0.3) is 5.91 Å². The Kier molecular flexibility index (Phi) is 5.66. The van der Waals surface area contributed by atoms with Crippen molar-refractivity contribution in [1.82, 2.24) is 10.6 Å². The first-order valence-corrected chi connectivity index (χ1v) is 6.18. The monoisotopic (exact) mass is 265 g/mol. The summed E-state index contributed by atoms with van der Waals surface area (Å²) in [5.41, 5.74) is 7.83. The zero-order chi connectivity index (χ0) is 14.3. The summed E-state index contributed by atoms with van der Waals surface area (Å²) in [5, 5.41) is 13.4. The summed E-state index contributed by atoms with van der Waals surface area (Å²) >= 11 is 0. The molecule has 0 heterocycles. The number of rotatable bonds is 6. The zero-order valence-electron chi connectivity index (χ0n) is 10.9. The van der Waals surface area contributed by atoms with E-state index in [1.54, 1.807) is 18.2 Å². The Labute approximate surface area is 112 Å². The lowest BCUT2D eigenvalue weighted by atomic mass is 10.0. The Morgan fingerprint density at radius 2 is 1.95 bits per heavy atom. The van der Waals surface area contributed by atoms with E-state index in [2.05, 4.69) is 10.6 Å². The Bertz CT molecular complexity index is 460. The second-order valence-electron chi connectivity index (χ2n) is 4.11. The molecular weight excluding hydrogens is 246 g/mol. The van der Waals surface area contributed by atoms with Gasteiger partial charge in [0, 0.05) is 24.3 Å². The molecule has 0 radical (unpaired) electrons. The van der Waals surface area contributed by atoms with Gasteiger partial charge in [0.05, 0.1) is 0 Å². The fourth-order valence-corrected chi connectivity index (χ4v) is 1.71. The first kappa shape index (κ1) is 14.8. The van der Waals surface area contributed by atoms with Crippen LogP contribution in [0, 0.1) is 0 Å². The quantitative estimate of drug-likeness (QED) is 0.458. The average Bonchev–Trinajstić information content (AvgIpc) is 2.37. The maximum atomic E-state index is 11.9. The van der Waals surface area contributed by atoms with Crippen LogP contribution < -0.4 is 16.4 Å². The van der Waals surface area contributed by atoms with Crippen LogP contribution in [-0.2, 0) is 6.42 Å². The van der Waals surface area contributed by atoms with Crippen molar-refractivity contribution in [2.75, 3.05) is 18.8 Å². The number of benzene rings is 1. The lowest BCUT2D eigenvalue weighted by Crippen LogP contribution is -2.29. The van der Waals surface area contributed by atoms with Crippen molar-refractivity contribution in [3.63, 3.8) is 0 Å². The molecule has 0 aliphatic carbocycles. The number of carboxylic acid groups (broad SMARTS) is 1. The van der Waals surface area contributed by atoms with E-state index < -0.39 is 6.09 Å². The molecule has 6 nitrogen and oxygen atoms in total. The highest BCUT2D eigenvalue weighted by Crippen LogP contribution is 2.14. The highest BCUT2D eigenvalue weighted by molar-refractivity contribution is 5.96. The lowest BCUT2D eigenvalue weighted by Gasteiger charge is -2.09. The number of hydrogen-bond acceptors (Lipinski definition) is 3. The van der Waals surface area contributed by atoms with Crippen molar-refractivity contribution in [3.05, 3.63) is 29.3 Å². The first-order chi connectivity index (χ1) is 9.04. The Hall–Kier alpha value is -2.24. The summed E-state index contributed by atoms with van der Waals surface area (Å²) < 4.78 is 0. The third-order valence-corrected chi connectivity index (χ3v) is 2.67. The molecule has 1 aromatic rings. The zero-order valence-corrected chi connectivity index (χ0v) is 10.9. The molecule has 0 saturated carbocycles. The molecule has 0 spiro atoms. The molecule has 0 atom stereocenters. The van der Waals surface area contributed by atoms with Crippen molar-refractivity contribution in [3.8, 4) is 0 Å². The molecule has 104 valence electrons. The minimum atomic E-state index is -1.06. The van der Waals surface area contributed by atoms with E-state index in [-0.39, 0.29) is 5.91 Å². The minimum Gasteiger partial charge on any atom is -0.465 e. The van der Waals surface area contributed by atoms with E-state index >= 15 is 0 Å². The van der Waals surface area contributed by atoms with Gasteiger partial charge < -0.3 is 21.5 Å². The van der Waals surface area contributed by atoms with Crippen LogP contribution in [0.5, 0.6) is 0 Å². The van der Waals surface area contributed by atoms with E-state index in [1.165, 1.54) is 0 Å². The topological polar surface area (TPSA) is 104 Å². The number of nitrogens with two attached hydrogens (primary N) is 1. The third-order valence-electron chi connectivity index (χ3n) is 2.67. The predicted molar refractivity (Wildman–Crippen MR) is 73.2 cm³/mol. The van der Waals surface area contributed by atoms with E-state index in [0.717, 1.165) is 12.0 Å². The number of hydrogen-bond donors (Lipinski definition) is 4. The number of aryl methyl sites for hydroxylation is 1. The molecule has 1 aromatic carbocycles. The van der Waals surface area contributed by atoms with Gasteiger partial charge in [0.2, 0.25) is 0 Å². The number of nitrogen functional groups attached to an aromatic ring is 1. The van der Waals surface area contributed by atoms with Crippen LogP contribution in [-0.4, -0.2) is 30.2 Å². The van der Waals surface area contributed by atoms with Crippen molar-refractivity contribution < 1.29 is 14.7 Å². The Balaban J connectivity index is 2.47. The number of nitrogens with one attached hydrogen (secondary N) is 2. The summed E-state index contributed by atoms with van der Waals surface area (Å²) in [6.07, 6.45) is 0.223. The maximum absolute atomic E-state index is 11.9. The normalized spacial score (nSPS) is 9.95. The van der Waals surface area contributed by atoms with Crippen LogP contribution >= 0.6 is 0 Å². The molecule has 5 N–H and O–H groups in total. The van der Waals surface area contributed by atoms with Crippen molar-refractivity contribution in [2.24, 2.45) is 0 Å². The predicted octanol–water partition coefficient (Wildman–Crippen LogP) is 1.22. The second-order valence-corrected chi connectivity index (χ2v) is 4.11. The van der Waals surface area contributed by atoms with Crippen LogP contribution in [0.15, 0.2) is 18.2 Å². The molecule has 2 amide bonds. The Morgan fingerprint density at radius 1 is 1.26 bits per heavy atom. The van der Waals surface area contributed by atoms with E-state index in [4.69, 9.17) is 10.8 Å². The lowest BCUT2D eigenvalue weighted by molar-refractivity contribution is 0.0952. The summed E-state index contributed by atoms with van der Waals surface area (Å²) in [6.45, 7) is 2.70. The Morgan fingerprint density at radius 3 is 2.58 bits per heavy atom. The van der Waals surface area contributed by atoms with Gasteiger partial charge in [-0.05, 0) is 36.6 Å². The van der Waals surface area contributed by atoms with E-state index in [1.807, 2.05) is 6.92 Å². The van der Waals surface area contributed by atoms with E-state index in [9.17, 15) is 9.59 Å². The van der Waals surface area contributed by atoms with Crippen LogP contribution in [0.4, 0.5) is 10.5 Å². The van der Waals surface area contributed by atoms with Crippen LogP contribution in [0.1, 0.15) is 29.3 Å². The molecule has 0 bridgehead atoms. The first-order valence-electron chi connectivity index (χ1n) is 6.18. The molecule has 0 aliphatic heterocycles. The number of carbonyl (C=O) groups is 2. The summed E-state index contributed by atoms with van der Waals surface area (Å²) in [6, 6.07) is 5.19. The summed E-state index contributed by atoms with van der Waals surface area (Å²) in [4.78, 5) is 22.2. The van der Waals surface area contributed by atoms with Crippen molar-refractivity contribution in [2.45, 2.75) is 19.8 Å². The van der Waals surface area contributed by atoms with Crippen LogP contribution in [0.2, 0.25) is 0 Å². The number of amides is 2. The van der Waals surface area contributed by atoms with Gasteiger partial charge in [0.15, 0.2) is 0 Å². The van der Waals surface area contributed by atoms with E-state index in [0.29, 0.717) is 30.8 Å². The smallest absolute Gasteiger partial charge is 0.404 e. The largest absolute Gasteiger partial charge is 0.465 e. The molecule has 0 fully saturated rings. The standard InChI is InChI=1S/C13H19N3O3/c1-2-9-8-10(14)4-5-11(9)12(17)15-6-3-7-16-13(18)19/h4-5,8,16H,2-3,6-7,14H2,1H3,(H,15,17)(H,18,19). The average molecular weight is 265 g/mol. The third kappa shape index (κ3) is 4.87. The SMILES string of the molecule is CCc1cc(N)ccc1C(=O)NCCCNC(=O)O. The van der Waals surface area contributed by atoms with Gasteiger partial charge in [-0.3, -0.25) is 4.79 Å². The molecular formula is C13H19N3O3. The molecule has 0 saturated heterocycles. The van der Waals surface area contributed by atoms with Gasteiger partial charge in [-0.2, -0.15) is 0 Å². The molecule has 0 unspecified atom stereocenters. The molecule has 1 rings (SSSR count). The summed E-state index contributed by atoms with van der Waals surface area (Å²) in [5.74, 6) is -0.160. The fraction of sp³-hybridized carbons (Fsp3) is 0.385. The molecule has 0 aliphatic rings. The minimum absolute atomic E-state index is 0.160. The van der Waals surface area contributed by atoms with Gasteiger partial charge in [0.1, 0.15) is 0 Å². The molecule has 6 heteroatoms. The van der Waals surface area contributed by atoms with Crippen molar-refractivity contribution >= 4 is 17.7 Å².